The summed E-state index contributed by atoms with van der Waals surface area (Å²) in [7, 11) is 2.01. The number of piperidine rings is 1. The van der Waals surface area contributed by atoms with Crippen molar-refractivity contribution in [1.82, 2.24) is 9.80 Å². The summed E-state index contributed by atoms with van der Waals surface area (Å²) in [6.07, 6.45) is 2.98. The zero-order chi connectivity index (χ0) is 17.4. The van der Waals surface area contributed by atoms with Crippen molar-refractivity contribution in [3.63, 3.8) is 0 Å². The monoisotopic (exact) mass is 333 g/mol. The summed E-state index contributed by atoms with van der Waals surface area (Å²) >= 11 is 0. The molecule has 2 rings (SSSR count). The van der Waals surface area contributed by atoms with Crippen molar-refractivity contribution in [3.05, 3.63) is 35.9 Å². The lowest BCUT2D eigenvalue weighted by Crippen LogP contribution is -2.46. The molecule has 1 aromatic carbocycles. The predicted octanol–water partition coefficient (Wildman–Crippen LogP) is 2.04. The Morgan fingerprint density at radius 3 is 2.58 bits per heavy atom. The molecule has 5 heteroatoms. The molecule has 1 fully saturated rings. The van der Waals surface area contributed by atoms with Gasteiger partial charge in [-0.05, 0) is 45.0 Å². The van der Waals surface area contributed by atoms with Gasteiger partial charge < -0.3 is 15.4 Å². The Morgan fingerprint density at radius 2 is 2.00 bits per heavy atom. The van der Waals surface area contributed by atoms with E-state index >= 15 is 0 Å². The van der Waals surface area contributed by atoms with E-state index in [0.717, 1.165) is 51.1 Å². The van der Waals surface area contributed by atoms with Crippen LogP contribution in [0.1, 0.15) is 37.8 Å². The number of benzene rings is 1. The molecule has 2 N–H and O–H groups in total. The Bertz CT molecular complexity index is 487. The number of carbonyl (C=O) groups is 1. The van der Waals surface area contributed by atoms with Crippen LogP contribution in [0.15, 0.2) is 30.3 Å². The van der Waals surface area contributed by atoms with E-state index in [4.69, 9.17) is 10.5 Å². The Balaban J connectivity index is 1.96. The largest absolute Gasteiger partial charge is 0.378 e. The van der Waals surface area contributed by atoms with Crippen LogP contribution in [0.4, 0.5) is 0 Å². The van der Waals surface area contributed by atoms with E-state index < -0.39 is 0 Å². The molecule has 1 heterocycles. The van der Waals surface area contributed by atoms with Crippen LogP contribution in [-0.2, 0) is 9.53 Å². The minimum absolute atomic E-state index is 0.200. The van der Waals surface area contributed by atoms with E-state index in [2.05, 4.69) is 11.8 Å². The van der Waals surface area contributed by atoms with Gasteiger partial charge in [-0.2, -0.15) is 0 Å². The van der Waals surface area contributed by atoms with Crippen LogP contribution in [0.5, 0.6) is 0 Å². The standard InChI is InChI=1S/C19H31N3O2/c1-3-21(2)18(16-8-5-4-6-9-16)19(23)22-13-10-17(11-14-22)24-15-7-12-20/h4-6,8-9,17-18H,3,7,10-15,20H2,1-2H3. The molecule has 24 heavy (non-hydrogen) atoms. The van der Waals surface area contributed by atoms with Crippen LogP contribution in [0.2, 0.25) is 0 Å². The number of nitrogens with two attached hydrogens (primary N) is 1. The number of hydrogen-bond acceptors (Lipinski definition) is 4. The number of ether oxygens (including phenoxy) is 1. The first-order valence-corrected chi connectivity index (χ1v) is 9.03. The van der Waals surface area contributed by atoms with Crippen LogP contribution in [0, 0.1) is 0 Å². The maximum Gasteiger partial charge on any atom is 0.244 e. The van der Waals surface area contributed by atoms with Gasteiger partial charge in [-0.1, -0.05) is 37.3 Å². The molecule has 1 aliphatic rings. The molecule has 0 aromatic heterocycles. The lowest BCUT2D eigenvalue weighted by molar-refractivity contribution is -0.139. The van der Waals surface area contributed by atoms with Gasteiger partial charge in [0, 0.05) is 19.7 Å². The minimum atomic E-state index is -0.203. The highest BCUT2D eigenvalue weighted by Gasteiger charge is 2.31. The maximum atomic E-state index is 13.1. The first kappa shape index (κ1) is 18.9. The minimum Gasteiger partial charge on any atom is -0.378 e. The molecule has 1 aromatic rings. The SMILES string of the molecule is CCN(C)C(C(=O)N1CCC(OCCCN)CC1)c1ccccc1. The number of carbonyl (C=O) groups excluding carboxylic acids is 1. The molecule has 0 saturated carbocycles. The molecule has 0 spiro atoms. The Labute approximate surface area is 145 Å². The summed E-state index contributed by atoms with van der Waals surface area (Å²) < 4.78 is 5.84. The number of amides is 1. The van der Waals surface area contributed by atoms with Crippen molar-refractivity contribution >= 4 is 5.91 Å². The third-order valence-electron chi connectivity index (χ3n) is 4.74. The lowest BCUT2D eigenvalue weighted by atomic mass is 10.0. The molecular formula is C19H31N3O2. The van der Waals surface area contributed by atoms with Gasteiger partial charge in [0.25, 0.3) is 0 Å². The second-order valence-corrected chi connectivity index (χ2v) is 6.42. The van der Waals surface area contributed by atoms with Crippen molar-refractivity contribution in [3.8, 4) is 0 Å². The average molecular weight is 333 g/mol. The fraction of sp³-hybridized carbons (Fsp3) is 0.632. The summed E-state index contributed by atoms with van der Waals surface area (Å²) in [6.45, 7) is 5.85. The van der Waals surface area contributed by atoms with Crippen LogP contribution < -0.4 is 5.73 Å². The van der Waals surface area contributed by atoms with Gasteiger partial charge in [0.1, 0.15) is 6.04 Å². The predicted molar refractivity (Wildman–Crippen MR) is 96.7 cm³/mol. The quantitative estimate of drug-likeness (QED) is 0.740. The van der Waals surface area contributed by atoms with Crippen molar-refractivity contribution in [2.45, 2.75) is 38.3 Å². The summed E-state index contributed by atoms with van der Waals surface area (Å²) in [5, 5.41) is 0. The van der Waals surface area contributed by atoms with Crippen LogP contribution in [0.25, 0.3) is 0 Å². The highest BCUT2D eigenvalue weighted by molar-refractivity contribution is 5.83. The molecular weight excluding hydrogens is 302 g/mol. The fourth-order valence-electron chi connectivity index (χ4n) is 3.15. The normalized spacial score (nSPS) is 17.2. The molecule has 1 unspecified atom stereocenters. The molecule has 134 valence electrons. The number of likely N-dealkylation sites (N-methyl/N-ethyl adjacent to an activating group) is 1. The summed E-state index contributed by atoms with van der Waals surface area (Å²) in [6, 6.07) is 9.86. The molecule has 0 bridgehead atoms. The van der Waals surface area contributed by atoms with Gasteiger partial charge in [-0.25, -0.2) is 0 Å². The van der Waals surface area contributed by atoms with Crippen LogP contribution in [-0.4, -0.2) is 61.6 Å². The molecule has 1 saturated heterocycles. The smallest absolute Gasteiger partial charge is 0.244 e. The molecule has 0 radical (unpaired) electrons. The first-order valence-electron chi connectivity index (χ1n) is 9.03. The third kappa shape index (κ3) is 5.03. The summed E-state index contributed by atoms with van der Waals surface area (Å²) in [5.41, 5.74) is 6.56. The topological polar surface area (TPSA) is 58.8 Å². The highest BCUT2D eigenvalue weighted by Crippen LogP contribution is 2.24. The van der Waals surface area contributed by atoms with Gasteiger partial charge in [-0.15, -0.1) is 0 Å². The van der Waals surface area contributed by atoms with E-state index in [1.165, 1.54) is 0 Å². The fourth-order valence-corrected chi connectivity index (χ4v) is 3.15. The maximum absolute atomic E-state index is 13.1. The number of rotatable bonds is 8. The van der Waals surface area contributed by atoms with Gasteiger partial charge in [0.15, 0.2) is 0 Å². The lowest BCUT2D eigenvalue weighted by Gasteiger charge is -2.36. The molecule has 1 atom stereocenters. The Morgan fingerprint density at radius 1 is 1.33 bits per heavy atom. The first-order chi connectivity index (χ1) is 11.7. The van der Waals surface area contributed by atoms with E-state index in [1.54, 1.807) is 0 Å². The second kappa shape index (κ2) is 9.77. The zero-order valence-electron chi connectivity index (χ0n) is 15.0. The molecule has 5 nitrogen and oxygen atoms in total. The molecule has 0 aliphatic carbocycles. The number of nitrogens with zero attached hydrogens (tertiary/aromatic N) is 2. The zero-order valence-corrected chi connectivity index (χ0v) is 15.0. The van der Waals surface area contributed by atoms with Gasteiger partial charge in [0.05, 0.1) is 6.10 Å². The Kier molecular flexibility index (Phi) is 7.69. The highest BCUT2D eigenvalue weighted by atomic mass is 16.5. The Hall–Kier alpha value is -1.43. The molecule has 1 aliphatic heterocycles. The molecule has 1 amide bonds. The van der Waals surface area contributed by atoms with Crippen molar-refractivity contribution < 1.29 is 9.53 Å². The summed E-state index contributed by atoms with van der Waals surface area (Å²) in [5.74, 6) is 0.200. The van der Waals surface area contributed by atoms with Gasteiger partial charge in [-0.3, -0.25) is 9.69 Å². The number of hydrogen-bond donors (Lipinski definition) is 1. The third-order valence-corrected chi connectivity index (χ3v) is 4.74. The second-order valence-electron chi connectivity index (χ2n) is 6.42. The van der Waals surface area contributed by atoms with E-state index in [9.17, 15) is 4.79 Å². The van der Waals surface area contributed by atoms with E-state index in [0.29, 0.717) is 6.54 Å². The summed E-state index contributed by atoms with van der Waals surface area (Å²) in [4.78, 5) is 17.2. The van der Waals surface area contributed by atoms with Crippen molar-refractivity contribution in [1.29, 1.82) is 0 Å². The van der Waals surface area contributed by atoms with E-state index in [1.807, 2.05) is 42.3 Å². The van der Waals surface area contributed by atoms with Crippen LogP contribution >= 0.6 is 0 Å². The average Bonchev–Trinajstić information content (AvgIpc) is 2.63. The van der Waals surface area contributed by atoms with Crippen molar-refractivity contribution in [2.75, 3.05) is 39.8 Å². The number of likely N-dealkylation sites (tertiary alicyclic amines) is 1. The van der Waals surface area contributed by atoms with Crippen molar-refractivity contribution in [2.24, 2.45) is 5.73 Å². The van der Waals surface area contributed by atoms with E-state index in [-0.39, 0.29) is 18.1 Å². The van der Waals surface area contributed by atoms with Gasteiger partial charge >= 0.3 is 0 Å². The van der Waals surface area contributed by atoms with Crippen LogP contribution in [0.3, 0.4) is 0 Å². The van der Waals surface area contributed by atoms with Gasteiger partial charge in [0.2, 0.25) is 5.91 Å².